The molecule has 1 aromatic rings. The fraction of sp³-hybridized carbons (Fsp3) is 0.364. The average Bonchev–Trinajstić information content (AvgIpc) is 2.66. The van der Waals surface area contributed by atoms with E-state index in [1.165, 1.54) is 7.11 Å². The molecule has 0 amide bonds. The minimum Gasteiger partial charge on any atom is -0.467 e. The van der Waals surface area contributed by atoms with E-state index in [0.29, 0.717) is 12.1 Å². The third-order valence-corrected chi connectivity index (χ3v) is 3.92. The first-order valence-electron chi connectivity index (χ1n) is 5.10. The number of sulfonamides is 1. The zero-order chi connectivity index (χ0) is 12.6. The van der Waals surface area contributed by atoms with Gasteiger partial charge < -0.3 is 4.74 Å². The molecule has 0 saturated heterocycles. The average molecular weight is 255 g/mol. The number of carbonyl (C=O) groups is 1. The fourth-order valence-electron chi connectivity index (χ4n) is 2.08. The Balaban J connectivity index is 2.52. The summed E-state index contributed by atoms with van der Waals surface area (Å²) in [6, 6.07) is 6.29. The Morgan fingerprint density at radius 1 is 1.41 bits per heavy atom. The lowest BCUT2D eigenvalue weighted by atomic mass is 10.1. The second kappa shape index (κ2) is 4.03. The van der Waals surface area contributed by atoms with Gasteiger partial charge in [0.05, 0.1) is 19.1 Å². The van der Waals surface area contributed by atoms with Crippen molar-refractivity contribution in [2.24, 2.45) is 0 Å². The topological polar surface area (TPSA) is 63.7 Å². The van der Waals surface area contributed by atoms with Crippen LogP contribution >= 0.6 is 0 Å². The highest BCUT2D eigenvalue weighted by molar-refractivity contribution is 7.92. The molecule has 0 fully saturated rings. The quantitative estimate of drug-likeness (QED) is 0.724. The number of benzene rings is 1. The molecular weight excluding hydrogens is 242 g/mol. The van der Waals surface area contributed by atoms with Gasteiger partial charge in [-0.05, 0) is 11.6 Å². The van der Waals surface area contributed by atoms with E-state index >= 15 is 0 Å². The predicted octanol–water partition coefficient (Wildman–Crippen LogP) is 0.550. The Hall–Kier alpha value is -1.56. The van der Waals surface area contributed by atoms with Gasteiger partial charge in [0.1, 0.15) is 6.04 Å². The van der Waals surface area contributed by atoms with Crippen molar-refractivity contribution in [3.63, 3.8) is 0 Å². The standard InChI is InChI=1S/C11H13NO4S/c1-16-11(13)10-7-8-5-3-4-6-9(8)12(10)17(2,14)15/h3-6,10H,7H2,1-2H3. The summed E-state index contributed by atoms with van der Waals surface area (Å²) in [5, 5.41) is 0. The predicted molar refractivity (Wildman–Crippen MR) is 63.3 cm³/mol. The maximum absolute atomic E-state index is 11.7. The van der Waals surface area contributed by atoms with Crippen molar-refractivity contribution < 1.29 is 17.9 Å². The molecule has 2 rings (SSSR count). The zero-order valence-corrected chi connectivity index (χ0v) is 10.4. The molecule has 0 radical (unpaired) electrons. The van der Waals surface area contributed by atoms with Gasteiger partial charge in [0, 0.05) is 6.42 Å². The second-order valence-corrected chi connectivity index (χ2v) is 5.79. The molecule has 6 heteroatoms. The van der Waals surface area contributed by atoms with Gasteiger partial charge in [-0.25, -0.2) is 13.2 Å². The molecule has 1 aliphatic rings. The molecule has 1 aliphatic heterocycles. The third kappa shape index (κ3) is 2.00. The number of nitrogens with zero attached hydrogens (tertiary/aromatic N) is 1. The highest BCUT2D eigenvalue weighted by Gasteiger charge is 2.40. The number of fused-ring (bicyclic) bond motifs is 1. The number of rotatable bonds is 2. The second-order valence-electron chi connectivity index (χ2n) is 3.93. The van der Waals surface area contributed by atoms with Crippen molar-refractivity contribution in [2.45, 2.75) is 12.5 Å². The summed E-state index contributed by atoms with van der Waals surface area (Å²) in [6.07, 6.45) is 1.45. The van der Waals surface area contributed by atoms with Gasteiger partial charge in [0.15, 0.2) is 0 Å². The summed E-state index contributed by atoms with van der Waals surface area (Å²) >= 11 is 0. The molecule has 0 saturated carbocycles. The lowest BCUT2D eigenvalue weighted by molar-refractivity contribution is -0.141. The summed E-state index contributed by atoms with van der Waals surface area (Å²) in [6.45, 7) is 0. The number of carbonyl (C=O) groups excluding carboxylic acids is 1. The number of esters is 1. The van der Waals surface area contributed by atoms with Crippen LogP contribution in [0.2, 0.25) is 0 Å². The van der Waals surface area contributed by atoms with Crippen LogP contribution in [0, 0.1) is 0 Å². The first-order valence-corrected chi connectivity index (χ1v) is 6.95. The Bertz CT molecular complexity index is 552. The van der Waals surface area contributed by atoms with Gasteiger partial charge in [-0.2, -0.15) is 0 Å². The van der Waals surface area contributed by atoms with Gasteiger partial charge in [0.2, 0.25) is 10.0 Å². The first kappa shape index (κ1) is 11.9. The van der Waals surface area contributed by atoms with E-state index < -0.39 is 22.0 Å². The van der Waals surface area contributed by atoms with Crippen molar-refractivity contribution in [1.82, 2.24) is 0 Å². The van der Waals surface area contributed by atoms with Crippen molar-refractivity contribution >= 4 is 21.7 Å². The molecule has 0 aliphatic carbocycles. The van der Waals surface area contributed by atoms with Crippen molar-refractivity contribution in [3.05, 3.63) is 29.8 Å². The third-order valence-electron chi connectivity index (χ3n) is 2.76. The Morgan fingerprint density at radius 3 is 2.65 bits per heavy atom. The molecule has 1 aromatic carbocycles. The van der Waals surface area contributed by atoms with Crippen LogP contribution in [0.4, 0.5) is 5.69 Å². The van der Waals surface area contributed by atoms with Crippen LogP contribution in [0.15, 0.2) is 24.3 Å². The number of anilines is 1. The summed E-state index contributed by atoms with van der Waals surface area (Å²) in [7, 11) is -2.23. The fourth-order valence-corrected chi connectivity index (χ4v) is 3.24. The molecule has 0 bridgehead atoms. The van der Waals surface area contributed by atoms with Crippen LogP contribution in [-0.2, 0) is 26.0 Å². The van der Waals surface area contributed by atoms with E-state index in [9.17, 15) is 13.2 Å². The van der Waals surface area contributed by atoms with Crippen LogP contribution in [0.3, 0.4) is 0 Å². The van der Waals surface area contributed by atoms with E-state index in [0.717, 1.165) is 16.1 Å². The molecule has 17 heavy (non-hydrogen) atoms. The van der Waals surface area contributed by atoms with Crippen LogP contribution in [0.5, 0.6) is 0 Å². The Labute approximate surface area is 100 Å². The van der Waals surface area contributed by atoms with E-state index in [1.807, 2.05) is 12.1 Å². The first-order chi connectivity index (χ1) is 7.95. The summed E-state index contributed by atoms with van der Waals surface area (Å²) in [5.74, 6) is -0.536. The molecule has 92 valence electrons. The summed E-state index contributed by atoms with van der Waals surface area (Å²) in [5.41, 5.74) is 1.40. The van der Waals surface area contributed by atoms with Gasteiger partial charge >= 0.3 is 5.97 Å². The lowest BCUT2D eigenvalue weighted by Crippen LogP contribution is -2.42. The Morgan fingerprint density at radius 2 is 2.06 bits per heavy atom. The molecular formula is C11H13NO4S. The number of ether oxygens (including phenoxy) is 1. The van der Waals surface area contributed by atoms with Crippen molar-refractivity contribution in [3.8, 4) is 0 Å². The van der Waals surface area contributed by atoms with E-state index in [2.05, 4.69) is 4.74 Å². The zero-order valence-electron chi connectivity index (χ0n) is 9.58. The van der Waals surface area contributed by atoms with E-state index in [1.54, 1.807) is 12.1 Å². The van der Waals surface area contributed by atoms with Crippen LogP contribution < -0.4 is 4.31 Å². The molecule has 0 aromatic heterocycles. The highest BCUT2D eigenvalue weighted by atomic mass is 32.2. The highest BCUT2D eigenvalue weighted by Crippen LogP contribution is 2.34. The monoisotopic (exact) mass is 255 g/mol. The van der Waals surface area contributed by atoms with Gasteiger partial charge in [-0.1, -0.05) is 18.2 Å². The van der Waals surface area contributed by atoms with Gasteiger partial charge in [0.25, 0.3) is 0 Å². The maximum Gasteiger partial charge on any atom is 0.330 e. The minimum absolute atomic E-state index is 0.357. The number of hydrogen-bond acceptors (Lipinski definition) is 4. The molecule has 0 N–H and O–H groups in total. The van der Waals surface area contributed by atoms with Gasteiger partial charge in [-0.15, -0.1) is 0 Å². The van der Waals surface area contributed by atoms with E-state index in [4.69, 9.17) is 0 Å². The van der Waals surface area contributed by atoms with Crippen LogP contribution in [0.25, 0.3) is 0 Å². The normalized spacial score (nSPS) is 18.9. The number of para-hydroxylation sites is 1. The molecule has 1 atom stereocenters. The van der Waals surface area contributed by atoms with E-state index in [-0.39, 0.29) is 0 Å². The molecule has 1 unspecified atom stereocenters. The SMILES string of the molecule is COC(=O)C1Cc2ccccc2N1S(C)(=O)=O. The van der Waals surface area contributed by atoms with Crippen molar-refractivity contribution in [2.75, 3.05) is 17.7 Å². The van der Waals surface area contributed by atoms with Gasteiger partial charge in [-0.3, -0.25) is 4.31 Å². The summed E-state index contributed by atoms with van der Waals surface area (Å²) < 4.78 is 29.3. The number of hydrogen-bond donors (Lipinski definition) is 0. The van der Waals surface area contributed by atoms with Crippen LogP contribution in [0.1, 0.15) is 5.56 Å². The van der Waals surface area contributed by atoms with Crippen molar-refractivity contribution in [1.29, 1.82) is 0 Å². The molecule has 5 nitrogen and oxygen atoms in total. The maximum atomic E-state index is 11.7. The number of methoxy groups -OCH3 is 1. The molecule has 0 spiro atoms. The molecule has 1 heterocycles. The largest absolute Gasteiger partial charge is 0.467 e. The summed E-state index contributed by atoms with van der Waals surface area (Å²) in [4.78, 5) is 11.6. The lowest BCUT2D eigenvalue weighted by Gasteiger charge is -2.22. The minimum atomic E-state index is -3.49. The Kier molecular flexibility index (Phi) is 2.82. The van der Waals surface area contributed by atoms with Crippen LogP contribution in [-0.4, -0.2) is 33.8 Å². The smallest absolute Gasteiger partial charge is 0.330 e.